The Morgan fingerprint density at radius 3 is 2.79 bits per heavy atom. The molecule has 72 valence electrons. The number of benzene rings is 1. The molecular formula is C10H7ClFNO. The molecule has 2 nitrogen and oxygen atoms in total. The number of rotatable bonds is 1. The van der Waals surface area contributed by atoms with Crippen LogP contribution in [0, 0.1) is 12.7 Å². The van der Waals surface area contributed by atoms with Gasteiger partial charge in [0.05, 0.1) is 0 Å². The first-order chi connectivity index (χ1) is 6.66. The Balaban J connectivity index is 2.55. The zero-order valence-corrected chi connectivity index (χ0v) is 8.18. The first kappa shape index (κ1) is 9.21. The summed E-state index contributed by atoms with van der Waals surface area (Å²) in [5, 5.41) is 3.79. The lowest BCUT2D eigenvalue weighted by Gasteiger charge is -1.99. The van der Waals surface area contributed by atoms with E-state index < -0.39 is 0 Å². The molecule has 0 saturated carbocycles. The van der Waals surface area contributed by atoms with Crippen molar-refractivity contribution < 1.29 is 8.91 Å². The first-order valence-corrected chi connectivity index (χ1v) is 4.43. The molecule has 0 aliphatic heterocycles. The maximum absolute atomic E-state index is 13.3. The SMILES string of the molecule is Cc1ccc(F)c(-c2cc(Cl)on2)c1. The van der Waals surface area contributed by atoms with Crippen LogP contribution >= 0.6 is 11.6 Å². The topological polar surface area (TPSA) is 26.0 Å². The predicted octanol–water partition coefficient (Wildman–Crippen LogP) is 3.44. The lowest BCUT2D eigenvalue weighted by molar-refractivity contribution is 0.423. The molecule has 0 aliphatic carbocycles. The number of nitrogens with zero attached hydrogens (tertiary/aromatic N) is 1. The molecule has 0 unspecified atom stereocenters. The largest absolute Gasteiger partial charge is 0.344 e. The van der Waals surface area contributed by atoms with Crippen LogP contribution in [0.1, 0.15) is 5.56 Å². The average Bonchev–Trinajstić information content (AvgIpc) is 2.56. The fourth-order valence-corrected chi connectivity index (χ4v) is 1.35. The van der Waals surface area contributed by atoms with E-state index in [1.54, 1.807) is 12.1 Å². The summed E-state index contributed by atoms with van der Waals surface area (Å²) in [5.74, 6) is -0.333. The number of hydrogen-bond acceptors (Lipinski definition) is 2. The molecule has 2 aromatic rings. The smallest absolute Gasteiger partial charge is 0.226 e. The number of hydrogen-bond donors (Lipinski definition) is 0. The molecule has 0 spiro atoms. The second-order valence-corrected chi connectivity index (χ2v) is 3.37. The molecule has 0 N–H and O–H groups in total. The highest BCUT2D eigenvalue weighted by Gasteiger charge is 2.09. The van der Waals surface area contributed by atoms with Gasteiger partial charge in [-0.25, -0.2) is 4.39 Å². The maximum atomic E-state index is 13.3. The molecular weight excluding hydrogens is 205 g/mol. The van der Waals surface area contributed by atoms with Crippen LogP contribution in [-0.4, -0.2) is 5.16 Å². The summed E-state index contributed by atoms with van der Waals surface area (Å²) in [6.45, 7) is 1.88. The lowest BCUT2D eigenvalue weighted by atomic mass is 10.1. The standard InChI is InChI=1S/C10H7ClFNO/c1-6-2-3-8(12)7(4-6)9-5-10(11)14-13-9/h2-5H,1H3. The van der Waals surface area contributed by atoms with E-state index in [4.69, 9.17) is 11.6 Å². The zero-order valence-electron chi connectivity index (χ0n) is 7.42. The third-order valence-electron chi connectivity index (χ3n) is 1.88. The van der Waals surface area contributed by atoms with Gasteiger partial charge in [-0.05, 0) is 30.7 Å². The maximum Gasteiger partial charge on any atom is 0.226 e. The molecule has 0 radical (unpaired) electrons. The van der Waals surface area contributed by atoms with Gasteiger partial charge in [-0.2, -0.15) is 0 Å². The number of aromatic nitrogens is 1. The van der Waals surface area contributed by atoms with Gasteiger partial charge in [-0.15, -0.1) is 0 Å². The molecule has 0 fully saturated rings. The van der Waals surface area contributed by atoms with Crippen molar-refractivity contribution in [2.24, 2.45) is 0 Å². The van der Waals surface area contributed by atoms with Gasteiger partial charge in [-0.1, -0.05) is 16.8 Å². The van der Waals surface area contributed by atoms with Crippen LogP contribution in [-0.2, 0) is 0 Å². The lowest BCUT2D eigenvalue weighted by Crippen LogP contribution is -1.85. The Labute approximate surface area is 85.3 Å². The fourth-order valence-electron chi connectivity index (χ4n) is 1.22. The molecule has 2 rings (SSSR count). The van der Waals surface area contributed by atoms with E-state index in [2.05, 4.69) is 9.68 Å². The first-order valence-electron chi connectivity index (χ1n) is 4.05. The minimum absolute atomic E-state index is 0.154. The van der Waals surface area contributed by atoms with Crippen molar-refractivity contribution in [3.8, 4) is 11.3 Å². The Bertz CT molecular complexity index is 467. The van der Waals surface area contributed by atoms with Gasteiger partial charge in [0, 0.05) is 11.6 Å². The van der Waals surface area contributed by atoms with Crippen LogP contribution in [0.3, 0.4) is 0 Å². The summed E-state index contributed by atoms with van der Waals surface area (Å²) in [5.41, 5.74) is 1.78. The third kappa shape index (κ3) is 1.63. The van der Waals surface area contributed by atoms with Crippen LogP contribution in [0.4, 0.5) is 4.39 Å². The highest BCUT2D eigenvalue weighted by Crippen LogP contribution is 2.25. The predicted molar refractivity (Wildman–Crippen MR) is 51.6 cm³/mol. The average molecular weight is 212 g/mol. The van der Waals surface area contributed by atoms with E-state index in [1.165, 1.54) is 12.1 Å². The van der Waals surface area contributed by atoms with E-state index in [1.807, 2.05) is 6.92 Å². The van der Waals surface area contributed by atoms with E-state index in [9.17, 15) is 4.39 Å². The van der Waals surface area contributed by atoms with Gasteiger partial charge < -0.3 is 4.52 Å². The fraction of sp³-hybridized carbons (Fsp3) is 0.100. The molecule has 0 amide bonds. The second-order valence-electron chi connectivity index (χ2n) is 3.00. The Morgan fingerprint density at radius 1 is 1.36 bits per heavy atom. The van der Waals surface area contributed by atoms with Gasteiger partial charge >= 0.3 is 0 Å². The van der Waals surface area contributed by atoms with Crippen molar-refractivity contribution in [2.45, 2.75) is 6.92 Å². The minimum Gasteiger partial charge on any atom is -0.344 e. The van der Waals surface area contributed by atoms with Crippen molar-refractivity contribution in [3.05, 3.63) is 40.9 Å². The van der Waals surface area contributed by atoms with Crippen molar-refractivity contribution >= 4 is 11.6 Å². The number of halogens is 2. The third-order valence-corrected chi connectivity index (χ3v) is 2.06. The summed E-state index contributed by atoms with van der Waals surface area (Å²) < 4.78 is 18.0. The molecule has 4 heteroatoms. The van der Waals surface area contributed by atoms with Gasteiger partial charge in [0.2, 0.25) is 5.22 Å². The van der Waals surface area contributed by atoms with Crippen molar-refractivity contribution in [3.63, 3.8) is 0 Å². The molecule has 0 bridgehead atoms. The molecule has 14 heavy (non-hydrogen) atoms. The highest BCUT2D eigenvalue weighted by atomic mass is 35.5. The van der Waals surface area contributed by atoms with E-state index in [0.717, 1.165) is 5.56 Å². The monoisotopic (exact) mass is 211 g/mol. The van der Waals surface area contributed by atoms with E-state index in [-0.39, 0.29) is 11.0 Å². The summed E-state index contributed by atoms with van der Waals surface area (Å²) in [7, 11) is 0. The molecule has 1 aromatic heterocycles. The molecule has 0 atom stereocenters. The van der Waals surface area contributed by atoms with Crippen LogP contribution in [0.5, 0.6) is 0 Å². The number of aryl methyl sites for hydroxylation is 1. The summed E-state index contributed by atoms with van der Waals surface area (Å²) in [4.78, 5) is 0. The van der Waals surface area contributed by atoms with Gasteiger partial charge in [0.15, 0.2) is 0 Å². The summed E-state index contributed by atoms with van der Waals surface area (Å²) >= 11 is 5.55. The molecule has 0 saturated heterocycles. The normalized spacial score (nSPS) is 10.5. The quantitative estimate of drug-likeness (QED) is 0.722. The van der Waals surface area contributed by atoms with Crippen LogP contribution in [0.2, 0.25) is 5.22 Å². The van der Waals surface area contributed by atoms with Crippen LogP contribution in [0.25, 0.3) is 11.3 Å². The summed E-state index contributed by atoms with van der Waals surface area (Å²) in [6, 6.07) is 6.27. The van der Waals surface area contributed by atoms with Gasteiger partial charge in [0.1, 0.15) is 11.5 Å². The van der Waals surface area contributed by atoms with Gasteiger partial charge in [0.25, 0.3) is 0 Å². The minimum atomic E-state index is -0.333. The second kappa shape index (κ2) is 3.42. The molecule has 1 heterocycles. The molecule has 1 aromatic carbocycles. The Kier molecular flexibility index (Phi) is 2.25. The highest BCUT2D eigenvalue weighted by molar-refractivity contribution is 6.29. The van der Waals surface area contributed by atoms with E-state index >= 15 is 0 Å². The summed E-state index contributed by atoms with van der Waals surface area (Å²) in [6.07, 6.45) is 0. The van der Waals surface area contributed by atoms with Crippen molar-refractivity contribution in [2.75, 3.05) is 0 Å². The Hall–Kier alpha value is -1.35. The van der Waals surface area contributed by atoms with E-state index in [0.29, 0.717) is 11.3 Å². The van der Waals surface area contributed by atoms with Crippen molar-refractivity contribution in [1.82, 2.24) is 5.16 Å². The Morgan fingerprint density at radius 2 is 2.14 bits per heavy atom. The molecule has 0 aliphatic rings. The van der Waals surface area contributed by atoms with Crippen molar-refractivity contribution in [1.29, 1.82) is 0 Å². The van der Waals surface area contributed by atoms with Crippen LogP contribution < -0.4 is 0 Å². The van der Waals surface area contributed by atoms with Gasteiger partial charge in [-0.3, -0.25) is 0 Å². The zero-order chi connectivity index (χ0) is 10.1. The van der Waals surface area contributed by atoms with Crippen LogP contribution in [0.15, 0.2) is 28.8 Å².